The van der Waals surface area contributed by atoms with Crippen LogP contribution >= 0.6 is 0 Å². The van der Waals surface area contributed by atoms with Gasteiger partial charge in [-0.05, 0) is 36.6 Å². The van der Waals surface area contributed by atoms with Crippen LogP contribution < -0.4 is 10.1 Å². The molecule has 0 heterocycles. The Balaban J connectivity index is 1.65. The Hall–Kier alpha value is -2.75. The monoisotopic (exact) mass is 325 g/mol. The lowest BCUT2D eigenvalue weighted by molar-refractivity contribution is 0.140. The molecule has 4 heteroatoms. The molecule has 126 valence electrons. The fourth-order valence-corrected chi connectivity index (χ4v) is 2.13. The molecule has 24 heavy (non-hydrogen) atoms. The topological polar surface area (TPSA) is 47.6 Å². The van der Waals surface area contributed by atoms with Crippen molar-refractivity contribution in [2.45, 2.75) is 20.0 Å². The molecule has 0 atom stereocenters. The summed E-state index contributed by atoms with van der Waals surface area (Å²) in [7, 11) is 0. The van der Waals surface area contributed by atoms with E-state index in [0.717, 1.165) is 23.3 Å². The van der Waals surface area contributed by atoms with Gasteiger partial charge in [-0.1, -0.05) is 54.6 Å². The minimum atomic E-state index is -0.398. The summed E-state index contributed by atoms with van der Waals surface area (Å²) in [6, 6.07) is 17.5. The minimum absolute atomic E-state index is 0.284. The Morgan fingerprint density at radius 1 is 1.12 bits per heavy atom. The van der Waals surface area contributed by atoms with E-state index >= 15 is 0 Å². The summed E-state index contributed by atoms with van der Waals surface area (Å²) < 4.78 is 10.6. The van der Waals surface area contributed by atoms with Gasteiger partial charge in [-0.15, -0.1) is 0 Å². The summed E-state index contributed by atoms with van der Waals surface area (Å²) in [5.41, 5.74) is 2.05. The number of hydrogen-bond acceptors (Lipinski definition) is 3. The van der Waals surface area contributed by atoms with Crippen molar-refractivity contribution in [3.05, 3.63) is 71.8 Å². The molecule has 1 N–H and O–H groups in total. The van der Waals surface area contributed by atoms with Gasteiger partial charge in [-0.25, -0.2) is 4.79 Å². The maximum atomic E-state index is 11.6. The molecule has 2 rings (SSSR count). The van der Waals surface area contributed by atoms with Gasteiger partial charge in [0, 0.05) is 6.54 Å². The number of carbonyl (C=O) groups is 1. The zero-order chi connectivity index (χ0) is 17.0. The maximum Gasteiger partial charge on any atom is 0.407 e. The van der Waals surface area contributed by atoms with Gasteiger partial charge in [0.1, 0.15) is 12.4 Å². The fourth-order valence-electron chi connectivity index (χ4n) is 2.13. The van der Waals surface area contributed by atoms with Crippen molar-refractivity contribution >= 4 is 12.2 Å². The number of hydrogen-bond donors (Lipinski definition) is 1. The average molecular weight is 325 g/mol. The molecule has 0 bridgehead atoms. The Morgan fingerprint density at radius 3 is 2.75 bits per heavy atom. The molecule has 4 nitrogen and oxygen atoms in total. The molecule has 0 unspecified atom stereocenters. The Labute approximate surface area is 143 Å². The van der Waals surface area contributed by atoms with Crippen molar-refractivity contribution in [3.63, 3.8) is 0 Å². The molecule has 0 saturated heterocycles. The van der Waals surface area contributed by atoms with Gasteiger partial charge in [0.15, 0.2) is 0 Å². The zero-order valence-electron chi connectivity index (χ0n) is 13.9. The number of carbonyl (C=O) groups excluding carboxylic acids is 1. The van der Waals surface area contributed by atoms with E-state index in [0.29, 0.717) is 13.2 Å². The van der Waals surface area contributed by atoms with Gasteiger partial charge in [0.2, 0.25) is 0 Å². The van der Waals surface area contributed by atoms with E-state index in [2.05, 4.69) is 5.32 Å². The molecule has 0 saturated carbocycles. The van der Waals surface area contributed by atoms with Crippen LogP contribution in [0, 0.1) is 0 Å². The molecule has 0 aliphatic heterocycles. The zero-order valence-corrected chi connectivity index (χ0v) is 13.9. The number of ether oxygens (including phenoxy) is 2. The highest BCUT2D eigenvalue weighted by atomic mass is 16.5. The van der Waals surface area contributed by atoms with Crippen molar-refractivity contribution < 1.29 is 14.3 Å². The molecule has 0 spiro atoms. The second kappa shape index (κ2) is 10.1. The van der Waals surface area contributed by atoms with Gasteiger partial charge in [0.25, 0.3) is 0 Å². The summed E-state index contributed by atoms with van der Waals surface area (Å²) in [5.74, 6) is 0.863. The first-order chi connectivity index (χ1) is 11.8. The molecular weight excluding hydrogens is 302 g/mol. The number of rotatable bonds is 8. The highest BCUT2D eigenvalue weighted by Gasteiger charge is 2.00. The van der Waals surface area contributed by atoms with E-state index in [1.54, 1.807) is 0 Å². The molecule has 0 radical (unpaired) electrons. The van der Waals surface area contributed by atoms with Crippen LogP contribution in [0.4, 0.5) is 4.79 Å². The summed E-state index contributed by atoms with van der Waals surface area (Å²) in [4.78, 5) is 11.6. The molecule has 0 aliphatic rings. The quantitative estimate of drug-likeness (QED) is 0.731. The Bertz CT molecular complexity index is 653. The summed E-state index contributed by atoms with van der Waals surface area (Å²) in [6.45, 7) is 3.44. The van der Waals surface area contributed by atoms with Crippen molar-refractivity contribution in [2.24, 2.45) is 0 Å². The first-order valence-electron chi connectivity index (χ1n) is 8.12. The van der Waals surface area contributed by atoms with Crippen LogP contribution in [0.25, 0.3) is 6.08 Å². The lowest BCUT2D eigenvalue weighted by atomic mass is 10.2. The van der Waals surface area contributed by atoms with Gasteiger partial charge >= 0.3 is 6.09 Å². The third-order valence-corrected chi connectivity index (χ3v) is 3.27. The van der Waals surface area contributed by atoms with Crippen molar-refractivity contribution in [3.8, 4) is 5.75 Å². The molecule has 0 aromatic heterocycles. The average Bonchev–Trinajstić information content (AvgIpc) is 2.61. The van der Waals surface area contributed by atoms with E-state index in [4.69, 9.17) is 9.47 Å². The summed E-state index contributed by atoms with van der Waals surface area (Å²) in [5, 5.41) is 2.73. The third-order valence-electron chi connectivity index (χ3n) is 3.27. The lowest BCUT2D eigenvalue weighted by Gasteiger charge is -2.06. The van der Waals surface area contributed by atoms with E-state index in [1.807, 2.05) is 73.7 Å². The van der Waals surface area contributed by atoms with Gasteiger partial charge in [0.05, 0.1) is 6.61 Å². The highest BCUT2D eigenvalue weighted by molar-refractivity contribution is 5.67. The van der Waals surface area contributed by atoms with Crippen LogP contribution in [-0.2, 0) is 11.3 Å². The second-order valence-electron chi connectivity index (χ2n) is 5.19. The van der Waals surface area contributed by atoms with Crippen molar-refractivity contribution in [2.75, 3.05) is 13.2 Å². The van der Waals surface area contributed by atoms with E-state index in [9.17, 15) is 4.79 Å². The Morgan fingerprint density at radius 2 is 1.96 bits per heavy atom. The Kier molecular flexibility index (Phi) is 7.41. The highest BCUT2D eigenvalue weighted by Crippen LogP contribution is 2.14. The van der Waals surface area contributed by atoms with E-state index in [-0.39, 0.29) is 6.61 Å². The number of alkyl carbamates (subject to hydrolysis) is 1. The summed E-state index contributed by atoms with van der Waals surface area (Å²) >= 11 is 0. The van der Waals surface area contributed by atoms with Crippen LogP contribution in [0.2, 0.25) is 0 Å². The fraction of sp³-hybridized carbons (Fsp3) is 0.250. The number of amides is 1. The molecular formula is C20H23NO3. The van der Waals surface area contributed by atoms with Crippen LogP contribution in [0.1, 0.15) is 24.5 Å². The van der Waals surface area contributed by atoms with Gasteiger partial charge in [-0.3, -0.25) is 0 Å². The van der Waals surface area contributed by atoms with Crippen LogP contribution in [0.5, 0.6) is 5.75 Å². The predicted octanol–water partition coefficient (Wildman–Crippen LogP) is 4.42. The van der Waals surface area contributed by atoms with E-state index in [1.165, 1.54) is 0 Å². The lowest BCUT2D eigenvalue weighted by Crippen LogP contribution is -2.24. The van der Waals surface area contributed by atoms with Crippen molar-refractivity contribution in [1.82, 2.24) is 5.32 Å². The molecule has 2 aromatic rings. The van der Waals surface area contributed by atoms with Crippen molar-refractivity contribution in [1.29, 1.82) is 0 Å². The SMILES string of the molecule is CCOc1cccc(C=CCCNC(=O)OCc2ccccc2)c1. The maximum absolute atomic E-state index is 11.6. The largest absolute Gasteiger partial charge is 0.494 e. The molecule has 1 amide bonds. The predicted molar refractivity (Wildman–Crippen MR) is 95.9 cm³/mol. The molecule has 2 aromatic carbocycles. The molecule has 0 fully saturated rings. The van der Waals surface area contributed by atoms with Crippen LogP contribution in [-0.4, -0.2) is 19.2 Å². The number of benzene rings is 2. The summed E-state index contributed by atoms with van der Waals surface area (Å²) in [6.07, 6.45) is 4.37. The third kappa shape index (κ3) is 6.57. The van der Waals surface area contributed by atoms with Crippen LogP contribution in [0.15, 0.2) is 60.7 Å². The first-order valence-corrected chi connectivity index (χ1v) is 8.12. The standard InChI is InChI=1S/C20H23NO3/c1-2-23-19-13-8-12-17(15-19)9-6-7-14-21-20(22)24-16-18-10-4-3-5-11-18/h3-6,8-13,15H,2,7,14,16H2,1H3,(H,21,22). The number of nitrogens with one attached hydrogen (secondary N) is 1. The smallest absolute Gasteiger partial charge is 0.407 e. The van der Waals surface area contributed by atoms with E-state index < -0.39 is 6.09 Å². The van der Waals surface area contributed by atoms with Gasteiger partial charge in [-0.2, -0.15) is 0 Å². The second-order valence-corrected chi connectivity index (χ2v) is 5.19. The normalized spacial score (nSPS) is 10.5. The van der Waals surface area contributed by atoms with Gasteiger partial charge < -0.3 is 14.8 Å². The first kappa shape index (κ1) is 17.6. The molecule has 0 aliphatic carbocycles. The minimum Gasteiger partial charge on any atom is -0.494 e. The van der Waals surface area contributed by atoms with Crippen LogP contribution in [0.3, 0.4) is 0 Å².